The number of benzene rings is 2. The van der Waals surface area contributed by atoms with Crippen LogP contribution in [-0.2, 0) is 19.5 Å². The molecule has 34 heavy (non-hydrogen) atoms. The van der Waals surface area contributed by atoms with Crippen LogP contribution in [0.2, 0.25) is 0 Å². The van der Waals surface area contributed by atoms with Gasteiger partial charge < -0.3 is 24.3 Å². The Balaban J connectivity index is 1.44. The van der Waals surface area contributed by atoms with Gasteiger partial charge in [-0.25, -0.2) is 9.97 Å². The van der Waals surface area contributed by atoms with E-state index in [0.29, 0.717) is 24.9 Å². The molecule has 1 aromatic heterocycles. The van der Waals surface area contributed by atoms with Crippen molar-refractivity contribution in [3.8, 4) is 23.0 Å². The highest BCUT2D eigenvalue weighted by atomic mass is 16.5. The molecule has 0 radical (unpaired) electrons. The first-order chi connectivity index (χ1) is 16.6. The van der Waals surface area contributed by atoms with Gasteiger partial charge in [-0.15, -0.1) is 0 Å². The van der Waals surface area contributed by atoms with Crippen LogP contribution in [0.5, 0.6) is 23.0 Å². The maximum Gasteiger partial charge on any atom is 0.227 e. The van der Waals surface area contributed by atoms with Gasteiger partial charge in [-0.1, -0.05) is 6.07 Å². The van der Waals surface area contributed by atoms with E-state index in [-0.39, 0.29) is 0 Å². The molecule has 2 aromatic carbocycles. The molecular formula is C26H32N4O4. The van der Waals surface area contributed by atoms with E-state index in [2.05, 4.69) is 27.3 Å². The summed E-state index contributed by atoms with van der Waals surface area (Å²) >= 11 is 0. The van der Waals surface area contributed by atoms with E-state index in [1.54, 1.807) is 14.2 Å². The monoisotopic (exact) mass is 464 g/mol. The third-order valence-electron chi connectivity index (χ3n) is 5.68. The Bertz CT molecular complexity index is 1120. The lowest BCUT2D eigenvalue weighted by Crippen LogP contribution is -2.31. The summed E-state index contributed by atoms with van der Waals surface area (Å²) in [6.45, 7) is 7.74. The van der Waals surface area contributed by atoms with Gasteiger partial charge in [0.1, 0.15) is 11.5 Å². The number of methoxy groups -OCH3 is 2. The largest absolute Gasteiger partial charge is 0.497 e. The average Bonchev–Trinajstić information content (AvgIpc) is 2.86. The fraction of sp³-hybridized carbons (Fsp3) is 0.385. The molecule has 0 saturated carbocycles. The second-order valence-corrected chi connectivity index (χ2v) is 7.96. The molecule has 1 N–H and O–H groups in total. The van der Waals surface area contributed by atoms with Crippen molar-refractivity contribution < 1.29 is 18.9 Å². The Labute approximate surface area is 200 Å². The minimum Gasteiger partial charge on any atom is -0.497 e. The first kappa shape index (κ1) is 23.6. The molecule has 1 aliphatic rings. The van der Waals surface area contributed by atoms with Crippen molar-refractivity contribution in [3.63, 3.8) is 0 Å². The van der Waals surface area contributed by atoms with Gasteiger partial charge in [0.15, 0.2) is 11.5 Å². The minimum atomic E-state index is 0.559. The van der Waals surface area contributed by atoms with Crippen molar-refractivity contribution in [1.29, 1.82) is 0 Å². The molecule has 180 valence electrons. The molecule has 8 nitrogen and oxygen atoms in total. The summed E-state index contributed by atoms with van der Waals surface area (Å²) in [5.41, 5.74) is 4.21. The average molecular weight is 465 g/mol. The zero-order chi connectivity index (χ0) is 23.9. The lowest BCUT2D eigenvalue weighted by Gasteiger charge is -2.28. The van der Waals surface area contributed by atoms with Crippen molar-refractivity contribution in [1.82, 2.24) is 14.9 Å². The lowest BCUT2D eigenvalue weighted by atomic mass is 10.1. The number of hydrogen-bond acceptors (Lipinski definition) is 8. The molecule has 8 heteroatoms. The zero-order valence-corrected chi connectivity index (χ0v) is 20.3. The number of hydrogen-bond donors (Lipinski definition) is 1. The molecule has 0 atom stereocenters. The fourth-order valence-corrected chi connectivity index (χ4v) is 4.04. The van der Waals surface area contributed by atoms with Gasteiger partial charge >= 0.3 is 0 Å². The fourth-order valence-electron chi connectivity index (χ4n) is 4.04. The van der Waals surface area contributed by atoms with Gasteiger partial charge in [0, 0.05) is 43.9 Å². The molecule has 0 fully saturated rings. The second kappa shape index (κ2) is 11.1. The number of rotatable bonds is 10. The highest BCUT2D eigenvalue weighted by Gasteiger charge is 2.20. The summed E-state index contributed by atoms with van der Waals surface area (Å²) < 4.78 is 22.2. The predicted octanol–water partition coefficient (Wildman–Crippen LogP) is 4.59. The maximum atomic E-state index is 5.78. The summed E-state index contributed by atoms with van der Waals surface area (Å²) in [6, 6.07) is 11.8. The molecule has 2 heterocycles. The molecule has 3 aromatic rings. The van der Waals surface area contributed by atoms with Crippen LogP contribution in [-0.4, -0.2) is 48.8 Å². The van der Waals surface area contributed by atoms with Gasteiger partial charge in [-0.2, -0.15) is 0 Å². The summed E-state index contributed by atoms with van der Waals surface area (Å²) in [5.74, 6) is 3.55. The standard InChI is InChI=1S/C26H32N4O4/c1-5-33-23-10-7-18(13-25(23)34-6-2)16-30-12-11-21-19(17-30)15-27-26(28-21)29-22-9-8-20(31-3)14-24(22)32-4/h7-10,13-15H,5-6,11-12,16-17H2,1-4H3,(H,27,28,29). The predicted molar refractivity (Wildman–Crippen MR) is 131 cm³/mol. The van der Waals surface area contributed by atoms with Crippen LogP contribution >= 0.6 is 0 Å². The van der Waals surface area contributed by atoms with E-state index in [9.17, 15) is 0 Å². The molecular weight excluding hydrogens is 432 g/mol. The van der Waals surface area contributed by atoms with Gasteiger partial charge in [0.2, 0.25) is 5.95 Å². The van der Waals surface area contributed by atoms with Crippen LogP contribution in [0.25, 0.3) is 0 Å². The van der Waals surface area contributed by atoms with E-state index >= 15 is 0 Å². The number of ether oxygens (including phenoxy) is 4. The molecule has 0 spiro atoms. The SMILES string of the molecule is CCOc1ccc(CN2CCc3nc(Nc4ccc(OC)cc4OC)ncc3C2)cc1OCC. The number of aromatic nitrogens is 2. The molecule has 4 rings (SSSR count). The number of nitrogens with zero attached hydrogens (tertiary/aromatic N) is 3. The van der Waals surface area contributed by atoms with Gasteiger partial charge in [-0.05, 0) is 43.7 Å². The van der Waals surface area contributed by atoms with Crippen molar-refractivity contribution in [3.05, 3.63) is 59.4 Å². The number of fused-ring (bicyclic) bond motifs is 1. The van der Waals surface area contributed by atoms with Crippen LogP contribution < -0.4 is 24.3 Å². The third kappa shape index (κ3) is 5.51. The molecule has 0 aliphatic carbocycles. The quantitative estimate of drug-likeness (QED) is 0.467. The summed E-state index contributed by atoms with van der Waals surface area (Å²) in [6.07, 6.45) is 2.78. The van der Waals surface area contributed by atoms with Crippen LogP contribution in [0.4, 0.5) is 11.6 Å². The maximum absolute atomic E-state index is 5.78. The Morgan fingerprint density at radius 1 is 0.941 bits per heavy atom. The van der Waals surface area contributed by atoms with E-state index in [1.807, 2.05) is 44.3 Å². The summed E-state index contributed by atoms with van der Waals surface area (Å²) in [7, 11) is 3.26. The normalized spacial score (nSPS) is 13.2. The lowest BCUT2D eigenvalue weighted by molar-refractivity contribution is 0.241. The zero-order valence-electron chi connectivity index (χ0n) is 20.3. The smallest absolute Gasteiger partial charge is 0.227 e. The minimum absolute atomic E-state index is 0.559. The Hall–Kier alpha value is -3.52. The van der Waals surface area contributed by atoms with Gasteiger partial charge in [-0.3, -0.25) is 4.90 Å². The summed E-state index contributed by atoms with van der Waals surface area (Å²) in [4.78, 5) is 11.7. The van der Waals surface area contributed by atoms with Gasteiger partial charge in [0.05, 0.1) is 38.8 Å². The highest BCUT2D eigenvalue weighted by molar-refractivity contribution is 5.64. The van der Waals surface area contributed by atoms with Crippen molar-refractivity contribution in [2.24, 2.45) is 0 Å². The molecule has 0 saturated heterocycles. The van der Waals surface area contributed by atoms with E-state index in [4.69, 9.17) is 23.9 Å². The Morgan fingerprint density at radius 3 is 2.53 bits per heavy atom. The molecule has 1 aliphatic heterocycles. The Morgan fingerprint density at radius 2 is 1.76 bits per heavy atom. The summed E-state index contributed by atoms with van der Waals surface area (Å²) in [5, 5.41) is 3.27. The van der Waals surface area contributed by atoms with E-state index in [0.717, 1.165) is 60.2 Å². The van der Waals surface area contributed by atoms with Crippen molar-refractivity contribution in [2.45, 2.75) is 33.4 Å². The first-order valence-electron chi connectivity index (χ1n) is 11.6. The van der Waals surface area contributed by atoms with Crippen LogP contribution in [0.3, 0.4) is 0 Å². The van der Waals surface area contributed by atoms with Crippen molar-refractivity contribution >= 4 is 11.6 Å². The van der Waals surface area contributed by atoms with Gasteiger partial charge in [0.25, 0.3) is 0 Å². The van der Waals surface area contributed by atoms with E-state index < -0.39 is 0 Å². The highest BCUT2D eigenvalue weighted by Crippen LogP contribution is 2.32. The second-order valence-electron chi connectivity index (χ2n) is 7.96. The van der Waals surface area contributed by atoms with Crippen LogP contribution in [0.1, 0.15) is 30.7 Å². The third-order valence-corrected chi connectivity index (χ3v) is 5.68. The molecule has 0 unspecified atom stereocenters. The Kier molecular flexibility index (Phi) is 7.69. The topological polar surface area (TPSA) is 78.0 Å². The number of anilines is 2. The number of nitrogens with one attached hydrogen (secondary N) is 1. The van der Waals surface area contributed by atoms with Crippen LogP contribution in [0, 0.1) is 0 Å². The first-order valence-corrected chi connectivity index (χ1v) is 11.6. The van der Waals surface area contributed by atoms with Crippen LogP contribution in [0.15, 0.2) is 42.6 Å². The van der Waals surface area contributed by atoms with E-state index in [1.165, 1.54) is 5.56 Å². The molecule has 0 bridgehead atoms. The van der Waals surface area contributed by atoms with Crippen molar-refractivity contribution in [2.75, 3.05) is 39.3 Å². The molecule has 0 amide bonds.